The summed E-state index contributed by atoms with van der Waals surface area (Å²) in [5.74, 6) is -0.237. The minimum absolute atomic E-state index is 0.0146. The van der Waals surface area contributed by atoms with Crippen LogP contribution in [0.15, 0.2) is 16.9 Å². The lowest BCUT2D eigenvalue weighted by Crippen LogP contribution is -2.43. The minimum atomic E-state index is -0.237. The summed E-state index contributed by atoms with van der Waals surface area (Å²) >= 11 is 0. The van der Waals surface area contributed by atoms with Crippen molar-refractivity contribution in [3.63, 3.8) is 0 Å². The van der Waals surface area contributed by atoms with Crippen LogP contribution in [0.4, 0.5) is 0 Å². The van der Waals surface area contributed by atoms with Gasteiger partial charge in [-0.3, -0.25) is 4.79 Å². The number of ether oxygens (including phenoxy) is 1. The summed E-state index contributed by atoms with van der Waals surface area (Å²) < 4.78 is 9.82. The van der Waals surface area contributed by atoms with E-state index in [1.54, 1.807) is 7.11 Å². The fourth-order valence-electron chi connectivity index (χ4n) is 1.62. The summed E-state index contributed by atoms with van der Waals surface area (Å²) in [6, 6.07) is 1.51. The van der Waals surface area contributed by atoms with E-state index in [0.717, 1.165) is 6.54 Å². The molecule has 0 aromatic carbocycles. The van der Waals surface area contributed by atoms with Crippen LogP contribution in [0, 0.1) is 0 Å². The van der Waals surface area contributed by atoms with Gasteiger partial charge in [-0.1, -0.05) is 5.16 Å². The first-order chi connectivity index (χ1) is 7.31. The van der Waals surface area contributed by atoms with Crippen LogP contribution < -0.4 is 10.6 Å². The maximum atomic E-state index is 11.6. The number of hydrogen-bond donors (Lipinski definition) is 2. The zero-order chi connectivity index (χ0) is 10.7. The van der Waals surface area contributed by atoms with Crippen LogP contribution in [0.2, 0.25) is 0 Å². The molecule has 0 bridgehead atoms. The molecular weight excluding hydrogens is 198 g/mol. The Kier molecular flexibility index (Phi) is 2.98. The predicted octanol–water partition coefficient (Wildman–Crippen LogP) is -0.609. The molecular formula is C9H13N3O3. The first-order valence-electron chi connectivity index (χ1n) is 4.76. The van der Waals surface area contributed by atoms with Gasteiger partial charge in [0.05, 0.1) is 12.1 Å². The Morgan fingerprint density at radius 2 is 2.60 bits per heavy atom. The molecule has 1 amide bonds. The maximum Gasteiger partial charge on any atom is 0.273 e. The fourth-order valence-corrected chi connectivity index (χ4v) is 1.62. The number of aromatic nitrogens is 1. The number of amides is 1. The Balaban J connectivity index is 1.94. The molecule has 82 valence electrons. The topological polar surface area (TPSA) is 76.4 Å². The van der Waals surface area contributed by atoms with Crippen molar-refractivity contribution in [3.05, 3.63) is 18.0 Å². The zero-order valence-electron chi connectivity index (χ0n) is 8.40. The Morgan fingerprint density at radius 1 is 1.73 bits per heavy atom. The number of hydrogen-bond acceptors (Lipinski definition) is 5. The molecule has 1 fully saturated rings. The molecule has 6 nitrogen and oxygen atoms in total. The summed E-state index contributed by atoms with van der Waals surface area (Å²) in [6.07, 6.45) is 1.39. The molecule has 2 N–H and O–H groups in total. The minimum Gasteiger partial charge on any atom is -0.378 e. The highest BCUT2D eigenvalue weighted by Gasteiger charge is 2.28. The third-order valence-corrected chi connectivity index (χ3v) is 2.45. The highest BCUT2D eigenvalue weighted by Crippen LogP contribution is 2.05. The molecule has 2 rings (SSSR count). The normalized spacial score (nSPS) is 25.4. The van der Waals surface area contributed by atoms with Gasteiger partial charge in [-0.05, 0) is 0 Å². The second kappa shape index (κ2) is 4.41. The Labute approximate surface area is 87.0 Å². The quantitative estimate of drug-likeness (QED) is 0.697. The van der Waals surface area contributed by atoms with Gasteiger partial charge in [-0.2, -0.15) is 0 Å². The van der Waals surface area contributed by atoms with Gasteiger partial charge in [0.25, 0.3) is 5.91 Å². The van der Waals surface area contributed by atoms with Gasteiger partial charge in [0.15, 0.2) is 5.69 Å². The van der Waals surface area contributed by atoms with E-state index < -0.39 is 0 Å². The largest absolute Gasteiger partial charge is 0.378 e. The van der Waals surface area contributed by atoms with E-state index >= 15 is 0 Å². The SMILES string of the molecule is CO[C@H]1CNCC1NC(=O)c1ccon1. The summed E-state index contributed by atoms with van der Waals surface area (Å²) in [5.41, 5.74) is 0.289. The number of nitrogens with zero attached hydrogens (tertiary/aromatic N) is 1. The second-order valence-electron chi connectivity index (χ2n) is 3.40. The fraction of sp³-hybridized carbons (Fsp3) is 0.556. The van der Waals surface area contributed by atoms with Gasteiger partial charge in [0.2, 0.25) is 0 Å². The zero-order valence-corrected chi connectivity index (χ0v) is 8.40. The molecule has 1 saturated heterocycles. The highest BCUT2D eigenvalue weighted by molar-refractivity contribution is 5.92. The number of carbonyl (C=O) groups is 1. The van der Waals surface area contributed by atoms with Gasteiger partial charge in [-0.25, -0.2) is 0 Å². The van der Waals surface area contributed by atoms with Crippen LogP contribution in [0.25, 0.3) is 0 Å². The van der Waals surface area contributed by atoms with Crippen molar-refractivity contribution in [3.8, 4) is 0 Å². The Bertz CT molecular complexity index is 325. The van der Waals surface area contributed by atoms with Crippen molar-refractivity contribution in [2.75, 3.05) is 20.2 Å². The van der Waals surface area contributed by atoms with Gasteiger partial charge >= 0.3 is 0 Å². The van der Waals surface area contributed by atoms with Crippen LogP contribution in [0.1, 0.15) is 10.5 Å². The molecule has 1 aromatic heterocycles. The number of carbonyl (C=O) groups excluding carboxylic acids is 1. The first-order valence-corrected chi connectivity index (χ1v) is 4.76. The number of rotatable bonds is 3. The van der Waals surface area contributed by atoms with E-state index in [1.807, 2.05) is 0 Å². The molecule has 15 heavy (non-hydrogen) atoms. The molecule has 0 radical (unpaired) electrons. The Hall–Kier alpha value is -1.40. The molecule has 1 unspecified atom stereocenters. The third kappa shape index (κ3) is 2.16. The summed E-state index contributed by atoms with van der Waals surface area (Å²) in [4.78, 5) is 11.6. The average Bonchev–Trinajstić information content (AvgIpc) is 2.87. The third-order valence-electron chi connectivity index (χ3n) is 2.45. The lowest BCUT2D eigenvalue weighted by molar-refractivity contribution is 0.0773. The molecule has 2 atom stereocenters. The molecule has 6 heteroatoms. The van der Waals surface area contributed by atoms with Crippen molar-refractivity contribution in [1.82, 2.24) is 15.8 Å². The maximum absolute atomic E-state index is 11.6. The smallest absolute Gasteiger partial charge is 0.273 e. The van der Waals surface area contributed by atoms with Gasteiger partial charge in [0, 0.05) is 26.3 Å². The molecule has 1 aliphatic heterocycles. The lowest BCUT2D eigenvalue weighted by Gasteiger charge is -2.17. The van der Waals surface area contributed by atoms with Gasteiger partial charge in [0.1, 0.15) is 6.26 Å². The molecule has 0 spiro atoms. The van der Waals surface area contributed by atoms with Crippen molar-refractivity contribution in [2.24, 2.45) is 0 Å². The van der Waals surface area contributed by atoms with Crippen LogP contribution in [0.3, 0.4) is 0 Å². The standard InChI is InChI=1S/C9H13N3O3/c1-14-8-5-10-4-7(8)11-9(13)6-2-3-15-12-6/h2-3,7-8,10H,4-5H2,1H3,(H,11,13)/t7?,8-/m0/s1. The van der Waals surface area contributed by atoms with Crippen LogP contribution in [-0.2, 0) is 4.74 Å². The average molecular weight is 211 g/mol. The van der Waals surface area contributed by atoms with E-state index in [-0.39, 0.29) is 23.7 Å². The van der Waals surface area contributed by atoms with E-state index in [2.05, 4.69) is 20.3 Å². The number of methoxy groups -OCH3 is 1. The summed E-state index contributed by atoms with van der Waals surface area (Å²) in [5, 5.41) is 9.53. The molecule has 1 aromatic rings. The van der Waals surface area contributed by atoms with Crippen molar-refractivity contribution in [2.45, 2.75) is 12.1 Å². The van der Waals surface area contributed by atoms with E-state index in [1.165, 1.54) is 12.3 Å². The molecule has 2 heterocycles. The van der Waals surface area contributed by atoms with Crippen LogP contribution in [-0.4, -0.2) is 43.4 Å². The van der Waals surface area contributed by atoms with Crippen LogP contribution in [0.5, 0.6) is 0 Å². The predicted molar refractivity (Wildman–Crippen MR) is 51.4 cm³/mol. The Morgan fingerprint density at radius 3 is 3.27 bits per heavy atom. The monoisotopic (exact) mass is 211 g/mol. The van der Waals surface area contributed by atoms with Crippen LogP contribution >= 0.6 is 0 Å². The van der Waals surface area contributed by atoms with Gasteiger partial charge in [-0.15, -0.1) is 0 Å². The molecule has 0 aliphatic carbocycles. The molecule has 0 saturated carbocycles. The van der Waals surface area contributed by atoms with Crippen molar-refractivity contribution in [1.29, 1.82) is 0 Å². The molecule has 1 aliphatic rings. The van der Waals surface area contributed by atoms with Crippen molar-refractivity contribution < 1.29 is 14.1 Å². The number of nitrogens with one attached hydrogen (secondary N) is 2. The second-order valence-corrected chi connectivity index (χ2v) is 3.40. The van der Waals surface area contributed by atoms with E-state index in [4.69, 9.17) is 4.74 Å². The summed E-state index contributed by atoms with van der Waals surface area (Å²) in [6.45, 7) is 1.46. The summed E-state index contributed by atoms with van der Waals surface area (Å²) in [7, 11) is 1.63. The van der Waals surface area contributed by atoms with Crippen molar-refractivity contribution >= 4 is 5.91 Å². The van der Waals surface area contributed by atoms with E-state index in [9.17, 15) is 4.79 Å². The van der Waals surface area contributed by atoms with E-state index in [0.29, 0.717) is 6.54 Å². The highest BCUT2D eigenvalue weighted by atomic mass is 16.5. The van der Waals surface area contributed by atoms with Gasteiger partial charge < -0.3 is 19.9 Å². The first kappa shape index (κ1) is 10.1. The lowest BCUT2D eigenvalue weighted by atomic mass is 10.2.